The van der Waals surface area contributed by atoms with Crippen molar-refractivity contribution < 1.29 is 13.2 Å². The van der Waals surface area contributed by atoms with Crippen LogP contribution >= 0.6 is 22.7 Å². The van der Waals surface area contributed by atoms with Crippen molar-refractivity contribution in [1.29, 1.82) is 0 Å². The molecule has 1 aliphatic rings. The number of aryl methyl sites for hydroxylation is 1. The molecule has 29 heavy (non-hydrogen) atoms. The van der Waals surface area contributed by atoms with Crippen molar-refractivity contribution in [3.63, 3.8) is 0 Å². The predicted octanol–water partition coefficient (Wildman–Crippen LogP) is 4.36. The molecular weight excluding hydrogens is 426 g/mol. The molecule has 4 rings (SSSR count). The highest BCUT2D eigenvalue weighted by Crippen LogP contribution is 2.30. The van der Waals surface area contributed by atoms with Crippen molar-refractivity contribution in [1.82, 2.24) is 9.29 Å². The van der Waals surface area contributed by atoms with E-state index < -0.39 is 16.1 Å². The van der Waals surface area contributed by atoms with Gasteiger partial charge in [0.1, 0.15) is 10.3 Å². The van der Waals surface area contributed by atoms with E-state index in [1.165, 1.54) is 32.5 Å². The van der Waals surface area contributed by atoms with Crippen LogP contribution in [0, 0.1) is 6.92 Å². The molecule has 0 saturated carbocycles. The van der Waals surface area contributed by atoms with Crippen LogP contribution in [0.2, 0.25) is 0 Å². The monoisotopic (exact) mass is 447 g/mol. The van der Waals surface area contributed by atoms with E-state index in [0.717, 1.165) is 24.1 Å². The smallest absolute Gasteiger partial charge is 0.253 e. The number of aromatic nitrogens is 1. The van der Waals surface area contributed by atoms with Gasteiger partial charge in [-0.25, -0.2) is 13.4 Å². The number of hydrogen-bond acceptors (Lipinski definition) is 6. The van der Waals surface area contributed by atoms with Crippen LogP contribution in [0.5, 0.6) is 0 Å². The molecule has 6 nitrogen and oxygen atoms in total. The fourth-order valence-corrected chi connectivity index (χ4v) is 6.86. The Morgan fingerprint density at radius 1 is 1.17 bits per heavy atom. The van der Waals surface area contributed by atoms with Gasteiger partial charge in [-0.15, -0.1) is 22.7 Å². The van der Waals surface area contributed by atoms with Crippen molar-refractivity contribution >= 4 is 43.7 Å². The van der Waals surface area contributed by atoms with Gasteiger partial charge in [-0.3, -0.25) is 4.79 Å². The molecule has 1 amide bonds. The van der Waals surface area contributed by atoms with Crippen LogP contribution in [0.4, 0.5) is 5.13 Å². The van der Waals surface area contributed by atoms with E-state index in [4.69, 9.17) is 0 Å². The lowest BCUT2D eigenvalue weighted by Gasteiger charge is -2.32. The zero-order valence-corrected chi connectivity index (χ0v) is 18.3. The molecule has 1 N–H and O–H groups in total. The maximum Gasteiger partial charge on any atom is 0.253 e. The van der Waals surface area contributed by atoms with Gasteiger partial charge < -0.3 is 5.32 Å². The van der Waals surface area contributed by atoms with Crippen LogP contribution < -0.4 is 5.32 Å². The molecule has 1 saturated heterocycles. The Morgan fingerprint density at radius 3 is 2.69 bits per heavy atom. The van der Waals surface area contributed by atoms with Crippen molar-refractivity contribution in [3.8, 4) is 11.3 Å². The molecule has 0 radical (unpaired) electrons. The lowest BCUT2D eigenvalue weighted by atomic mass is 10.0. The minimum absolute atomic E-state index is 0.271. The number of thiazole rings is 1. The van der Waals surface area contributed by atoms with E-state index in [1.807, 2.05) is 36.6 Å². The Balaban J connectivity index is 1.52. The van der Waals surface area contributed by atoms with E-state index in [1.54, 1.807) is 17.5 Å². The topological polar surface area (TPSA) is 79.4 Å². The minimum Gasteiger partial charge on any atom is -0.301 e. The van der Waals surface area contributed by atoms with Gasteiger partial charge in [-0.05, 0) is 31.2 Å². The number of sulfonamides is 1. The molecule has 1 unspecified atom stereocenters. The van der Waals surface area contributed by atoms with E-state index in [2.05, 4.69) is 10.3 Å². The largest absolute Gasteiger partial charge is 0.301 e. The molecule has 0 bridgehead atoms. The Labute approximate surface area is 178 Å². The quantitative estimate of drug-likeness (QED) is 0.630. The van der Waals surface area contributed by atoms with E-state index in [-0.39, 0.29) is 10.1 Å². The van der Waals surface area contributed by atoms with Crippen LogP contribution in [0.25, 0.3) is 11.3 Å². The standard InChI is InChI=1S/C20H21N3O3S3/c1-14-7-9-15(10-8-14)16-13-28-20(21-16)22-19(24)17-5-2-3-11-23(17)29(25,26)18-6-4-12-27-18/h4,6-10,12-13,17H,2-3,5,11H2,1H3,(H,21,22,24). The molecule has 3 aromatic rings. The van der Waals surface area contributed by atoms with Gasteiger partial charge in [0.2, 0.25) is 5.91 Å². The second-order valence-corrected chi connectivity index (χ2v) is 10.9. The van der Waals surface area contributed by atoms with Gasteiger partial charge in [-0.2, -0.15) is 4.31 Å². The van der Waals surface area contributed by atoms with Gasteiger partial charge in [0.25, 0.3) is 10.0 Å². The molecule has 2 aromatic heterocycles. The lowest BCUT2D eigenvalue weighted by Crippen LogP contribution is -2.49. The SMILES string of the molecule is Cc1ccc(-c2csc(NC(=O)C3CCCCN3S(=O)(=O)c3cccs3)n2)cc1. The summed E-state index contributed by atoms with van der Waals surface area (Å²) in [6, 6.07) is 10.6. The molecule has 3 heterocycles. The lowest BCUT2D eigenvalue weighted by molar-refractivity contribution is -0.120. The number of carbonyl (C=O) groups excluding carboxylic acids is 1. The molecule has 1 aliphatic heterocycles. The molecule has 152 valence electrons. The number of thiophene rings is 1. The number of benzene rings is 1. The van der Waals surface area contributed by atoms with E-state index in [9.17, 15) is 13.2 Å². The van der Waals surface area contributed by atoms with Gasteiger partial charge in [-0.1, -0.05) is 42.3 Å². The summed E-state index contributed by atoms with van der Waals surface area (Å²) in [6.45, 7) is 2.38. The second-order valence-electron chi connectivity index (χ2n) is 6.95. The summed E-state index contributed by atoms with van der Waals surface area (Å²) in [7, 11) is -3.67. The number of carbonyl (C=O) groups is 1. The van der Waals surface area contributed by atoms with Crippen LogP contribution in [-0.2, 0) is 14.8 Å². The highest BCUT2D eigenvalue weighted by Gasteiger charge is 2.38. The third kappa shape index (κ3) is 4.28. The summed E-state index contributed by atoms with van der Waals surface area (Å²) in [5.74, 6) is -0.324. The Hall–Kier alpha value is -2.07. The third-order valence-electron chi connectivity index (χ3n) is 4.90. The fraction of sp³-hybridized carbons (Fsp3) is 0.300. The van der Waals surface area contributed by atoms with Crippen molar-refractivity contribution in [2.75, 3.05) is 11.9 Å². The first kappa shape index (κ1) is 20.2. The first-order valence-corrected chi connectivity index (χ1v) is 12.5. The molecule has 1 aromatic carbocycles. The molecule has 0 spiro atoms. The summed E-state index contributed by atoms with van der Waals surface area (Å²) in [4.78, 5) is 17.4. The van der Waals surface area contributed by atoms with Crippen molar-refractivity contribution in [2.24, 2.45) is 0 Å². The first-order valence-electron chi connectivity index (χ1n) is 9.34. The zero-order chi connectivity index (χ0) is 20.4. The third-order valence-corrected chi connectivity index (χ3v) is 8.93. The van der Waals surface area contributed by atoms with Crippen LogP contribution in [0.3, 0.4) is 0 Å². The molecular formula is C20H21N3O3S3. The Kier molecular flexibility index (Phi) is 5.82. The summed E-state index contributed by atoms with van der Waals surface area (Å²) >= 11 is 2.51. The zero-order valence-electron chi connectivity index (χ0n) is 15.9. The normalized spacial score (nSPS) is 17.9. The van der Waals surface area contributed by atoms with Gasteiger partial charge in [0.05, 0.1) is 5.69 Å². The first-order chi connectivity index (χ1) is 13.9. The number of hydrogen-bond donors (Lipinski definition) is 1. The summed E-state index contributed by atoms with van der Waals surface area (Å²) in [6.07, 6.45) is 2.08. The molecule has 9 heteroatoms. The van der Waals surface area contributed by atoms with E-state index >= 15 is 0 Å². The average Bonchev–Trinajstić information content (AvgIpc) is 3.41. The minimum atomic E-state index is -3.67. The maximum absolute atomic E-state index is 13.0. The van der Waals surface area contributed by atoms with Crippen LogP contribution in [0.15, 0.2) is 51.4 Å². The Morgan fingerprint density at radius 2 is 1.97 bits per heavy atom. The highest BCUT2D eigenvalue weighted by molar-refractivity contribution is 7.91. The van der Waals surface area contributed by atoms with Crippen molar-refractivity contribution in [2.45, 2.75) is 36.4 Å². The molecule has 1 atom stereocenters. The summed E-state index contributed by atoms with van der Waals surface area (Å²) < 4.78 is 27.6. The number of amides is 1. The summed E-state index contributed by atoms with van der Waals surface area (Å²) in [5, 5.41) is 6.92. The van der Waals surface area contributed by atoms with Crippen LogP contribution in [-0.4, -0.2) is 36.2 Å². The van der Waals surface area contributed by atoms with Gasteiger partial charge in [0.15, 0.2) is 5.13 Å². The predicted molar refractivity (Wildman–Crippen MR) is 117 cm³/mol. The van der Waals surface area contributed by atoms with Crippen LogP contribution in [0.1, 0.15) is 24.8 Å². The van der Waals surface area contributed by atoms with Gasteiger partial charge >= 0.3 is 0 Å². The average molecular weight is 448 g/mol. The maximum atomic E-state index is 13.0. The number of piperidine rings is 1. The van der Waals surface area contributed by atoms with Gasteiger partial charge in [0, 0.05) is 17.5 Å². The number of nitrogens with zero attached hydrogens (tertiary/aromatic N) is 2. The molecule has 1 fully saturated rings. The highest BCUT2D eigenvalue weighted by atomic mass is 32.2. The molecule has 0 aliphatic carbocycles. The van der Waals surface area contributed by atoms with E-state index in [0.29, 0.717) is 18.1 Å². The fourth-order valence-electron chi connectivity index (χ4n) is 3.36. The summed E-state index contributed by atoms with van der Waals surface area (Å²) in [5.41, 5.74) is 2.94. The number of anilines is 1. The number of nitrogens with one attached hydrogen (secondary N) is 1. The van der Waals surface area contributed by atoms with Crippen molar-refractivity contribution in [3.05, 3.63) is 52.7 Å². The number of rotatable bonds is 5. The Bertz CT molecular complexity index is 1090. The second kappa shape index (κ2) is 8.35.